The molecule has 1 N–H and O–H groups in total. The molecule has 1 fully saturated rings. The van der Waals surface area contributed by atoms with Gasteiger partial charge < -0.3 is 14.6 Å². The quantitative estimate of drug-likeness (QED) is 0.754. The van der Waals surface area contributed by atoms with Gasteiger partial charge in [0.15, 0.2) is 0 Å². The molecular formula is C15H27N3O2. The van der Waals surface area contributed by atoms with Crippen molar-refractivity contribution in [3.05, 3.63) is 11.7 Å². The molecule has 0 aromatic carbocycles. The van der Waals surface area contributed by atoms with E-state index in [1.54, 1.807) is 0 Å². The Morgan fingerprint density at radius 2 is 2.05 bits per heavy atom. The molecule has 1 aromatic heterocycles. The molecule has 1 aliphatic carbocycles. The number of rotatable bonds is 9. The highest BCUT2D eigenvalue weighted by Gasteiger charge is 2.36. The van der Waals surface area contributed by atoms with Gasteiger partial charge in [0.2, 0.25) is 11.7 Å². The average Bonchev–Trinajstić information content (AvgIpc) is 3.21. The van der Waals surface area contributed by atoms with E-state index < -0.39 is 5.60 Å². The van der Waals surface area contributed by atoms with Crippen LogP contribution in [0, 0.1) is 5.92 Å². The zero-order valence-corrected chi connectivity index (χ0v) is 13.1. The van der Waals surface area contributed by atoms with Crippen molar-refractivity contribution in [2.45, 2.75) is 64.5 Å². The summed E-state index contributed by atoms with van der Waals surface area (Å²) < 4.78 is 11.4. The standard InChI is InChI=1S/C15H27N3O2/c1-5-15(6-2,19-7-3)14-17-13(20-18-14)10-12(16-4)11-8-9-11/h11-12,16H,5-10H2,1-4H3. The maximum Gasteiger partial charge on any atom is 0.228 e. The first kappa shape index (κ1) is 15.4. The maximum absolute atomic E-state index is 5.92. The van der Waals surface area contributed by atoms with Gasteiger partial charge in [-0.2, -0.15) is 4.98 Å². The fraction of sp³-hybridized carbons (Fsp3) is 0.867. The lowest BCUT2D eigenvalue weighted by atomic mass is 9.96. The summed E-state index contributed by atoms with van der Waals surface area (Å²) in [6.45, 7) is 6.88. The third-order valence-electron chi connectivity index (χ3n) is 4.39. The first-order chi connectivity index (χ1) is 9.69. The highest BCUT2D eigenvalue weighted by atomic mass is 16.5. The summed E-state index contributed by atoms with van der Waals surface area (Å²) >= 11 is 0. The topological polar surface area (TPSA) is 60.2 Å². The van der Waals surface area contributed by atoms with Gasteiger partial charge in [0, 0.05) is 19.1 Å². The molecule has 1 heterocycles. The summed E-state index contributed by atoms with van der Waals surface area (Å²) in [4.78, 5) is 4.60. The fourth-order valence-corrected chi connectivity index (χ4v) is 2.83. The number of hydrogen-bond acceptors (Lipinski definition) is 5. The van der Waals surface area contributed by atoms with Crippen molar-refractivity contribution >= 4 is 0 Å². The molecule has 1 aromatic rings. The number of aromatic nitrogens is 2. The van der Waals surface area contributed by atoms with Gasteiger partial charge in [-0.1, -0.05) is 19.0 Å². The minimum absolute atomic E-state index is 0.398. The molecule has 1 aliphatic rings. The van der Waals surface area contributed by atoms with E-state index >= 15 is 0 Å². The van der Waals surface area contributed by atoms with E-state index in [1.807, 2.05) is 14.0 Å². The summed E-state index contributed by atoms with van der Waals surface area (Å²) in [5.41, 5.74) is -0.398. The van der Waals surface area contributed by atoms with Gasteiger partial charge in [-0.25, -0.2) is 0 Å². The molecule has 0 bridgehead atoms. The Labute approximate surface area is 121 Å². The lowest BCUT2D eigenvalue weighted by molar-refractivity contribution is -0.0583. The van der Waals surface area contributed by atoms with Crippen molar-refractivity contribution < 1.29 is 9.26 Å². The molecule has 5 heteroatoms. The van der Waals surface area contributed by atoms with Gasteiger partial charge in [-0.05, 0) is 45.6 Å². The van der Waals surface area contributed by atoms with Crippen LogP contribution < -0.4 is 5.32 Å². The fourth-order valence-electron chi connectivity index (χ4n) is 2.83. The third-order valence-corrected chi connectivity index (χ3v) is 4.39. The molecule has 2 rings (SSSR count). The monoisotopic (exact) mass is 281 g/mol. The predicted molar refractivity (Wildman–Crippen MR) is 77.5 cm³/mol. The van der Waals surface area contributed by atoms with Crippen LogP contribution in [-0.2, 0) is 16.8 Å². The second-order valence-corrected chi connectivity index (χ2v) is 5.58. The summed E-state index contributed by atoms with van der Waals surface area (Å²) in [6, 6.07) is 0.452. The first-order valence-electron chi connectivity index (χ1n) is 7.83. The number of ether oxygens (including phenoxy) is 1. The normalized spacial score (nSPS) is 17.4. The molecule has 20 heavy (non-hydrogen) atoms. The largest absolute Gasteiger partial charge is 0.367 e. The van der Waals surface area contributed by atoms with Crippen molar-refractivity contribution in [3.63, 3.8) is 0 Å². The van der Waals surface area contributed by atoms with E-state index in [-0.39, 0.29) is 0 Å². The van der Waals surface area contributed by atoms with Crippen molar-refractivity contribution in [2.75, 3.05) is 13.7 Å². The van der Waals surface area contributed by atoms with Gasteiger partial charge in [0.1, 0.15) is 5.60 Å². The Bertz CT molecular complexity index is 411. The number of nitrogens with zero attached hydrogens (tertiary/aromatic N) is 2. The van der Waals surface area contributed by atoms with Crippen molar-refractivity contribution in [2.24, 2.45) is 5.92 Å². The number of likely N-dealkylation sites (N-methyl/N-ethyl adjacent to an activating group) is 1. The molecule has 0 aliphatic heterocycles. The van der Waals surface area contributed by atoms with Crippen LogP contribution in [0.5, 0.6) is 0 Å². The van der Waals surface area contributed by atoms with Crippen LogP contribution in [0.3, 0.4) is 0 Å². The minimum Gasteiger partial charge on any atom is -0.367 e. The van der Waals surface area contributed by atoms with E-state index in [2.05, 4.69) is 29.3 Å². The van der Waals surface area contributed by atoms with E-state index in [0.29, 0.717) is 18.5 Å². The lowest BCUT2D eigenvalue weighted by Gasteiger charge is -2.27. The molecule has 1 atom stereocenters. The molecule has 0 radical (unpaired) electrons. The number of hydrogen-bond donors (Lipinski definition) is 1. The molecule has 1 unspecified atom stereocenters. The molecule has 0 amide bonds. The van der Waals surface area contributed by atoms with Crippen molar-refractivity contribution in [1.82, 2.24) is 15.5 Å². The molecule has 5 nitrogen and oxygen atoms in total. The van der Waals surface area contributed by atoms with Crippen molar-refractivity contribution in [3.8, 4) is 0 Å². The molecule has 1 saturated carbocycles. The van der Waals surface area contributed by atoms with E-state index in [9.17, 15) is 0 Å². The van der Waals surface area contributed by atoms with Crippen LogP contribution in [-0.4, -0.2) is 29.8 Å². The zero-order chi connectivity index (χ0) is 14.6. The van der Waals surface area contributed by atoms with Crippen molar-refractivity contribution in [1.29, 1.82) is 0 Å². The summed E-state index contributed by atoms with van der Waals surface area (Å²) in [6.07, 6.45) is 5.13. The van der Waals surface area contributed by atoms with E-state index in [0.717, 1.165) is 31.1 Å². The van der Waals surface area contributed by atoms with E-state index in [1.165, 1.54) is 12.8 Å². The smallest absolute Gasteiger partial charge is 0.228 e. The minimum atomic E-state index is -0.398. The van der Waals surface area contributed by atoms with Gasteiger partial charge in [0.05, 0.1) is 0 Å². The van der Waals surface area contributed by atoms with Gasteiger partial charge in [0.25, 0.3) is 0 Å². The highest BCUT2D eigenvalue weighted by molar-refractivity contribution is 5.02. The van der Waals surface area contributed by atoms with Crippen LogP contribution in [0.25, 0.3) is 0 Å². The predicted octanol–water partition coefficient (Wildman–Crippen LogP) is 2.66. The molecular weight excluding hydrogens is 254 g/mol. The van der Waals surface area contributed by atoms with Crippen LogP contribution in [0.2, 0.25) is 0 Å². The Morgan fingerprint density at radius 3 is 2.55 bits per heavy atom. The Balaban J connectivity index is 2.09. The summed E-state index contributed by atoms with van der Waals surface area (Å²) in [7, 11) is 2.00. The average molecular weight is 281 g/mol. The molecule has 114 valence electrons. The third kappa shape index (κ3) is 3.20. The van der Waals surface area contributed by atoms with Crippen LogP contribution >= 0.6 is 0 Å². The maximum atomic E-state index is 5.92. The SMILES string of the molecule is CCOC(CC)(CC)c1noc(CC(NC)C2CC2)n1. The first-order valence-corrected chi connectivity index (χ1v) is 7.83. The number of nitrogens with one attached hydrogen (secondary N) is 1. The molecule has 0 saturated heterocycles. The Kier molecular flexibility index (Phi) is 5.16. The molecule has 0 spiro atoms. The van der Waals surface area contributed by atoms with Gasteiger partial charge in [-0.3, -0.25) is 0 Å². The summed E-state index contributed by atoms with van der Waals surface area (Å²) in [5, 5.41) is 7.53. The van der Waals surface area contributed by atoms with Crippen LogP contribution in [0.1, 0.15) is 58.2 Å². The lowest BCUT2D eigenvalue weighted by Crippen LogP contribution is -2.31. The van der Waals surface area contributed by atoms with Gasteiger partial charge >= 0.3 is 0 Å². The summed E-state index contributed by atoms with van der Waals surface area (Å²) in [5.74, 6) is 2.19. The second-order valence-electron chi connectivity index (χ2n) is 5.58. The Hall–Kier alpha value is -0.940. The zero-order valence-electron chi connectivity index (χ0n) is 13.1. The second kappa shape index (κ2) is 6.68. The van der Waals surface area contributed by atoms with Crippen LogP contribution in [0.4, 0.5) is 0 Å². The highest BCUT2D eigenvalue weighted by Crippen LogP contribution is 2.34. The Morgan fingerprint density at radius 1 is 1.35 bits per heavy atom. The van der Waals surface area contributed by atoms with E-state index in [4.69, 9.17) is 9.26 Å². The van der Waals surface area contributed by atoms with Gasteiger partial charge in [-0.15, -0.1) is 0 Å². The van der Waals surface area contributed by atoms with Crippen LogP contribution in [0.15, 0.2) is 4.52 Å².